The second-order valence-corrected chi connectivity index (χ2v) is 3.77. The zero-order valence-corrected chi connectivity index (χ0v) is 8.92. The molecular formula is C10H15N5O. The van der Waals surface area contributed by atoms with E-state index in [0.29, 0.717) is 5.69 Å². The fraction of sp³-hybridized carbons (Fsp3) is 0.400. The first kappa shape index (κ1) is 10.7. The minimum absolute atomic E-state index is 0.117. The van der Waals surface area contributed by atoms with Gasteiger partial charge in [0.15, 0.2) is 0 Å². The molecule has 1 aliphatic heterocycles. The number of nitrogens with one attached hydrogen (secondary N) is 3. The topological polar surface area (TPSA) is 98.0 Å². The summed E-state index contributed by atoms with van der Waals surface area (Å²) in [7, 11) is 0. The number of piperazine rings is 1. The molecule has 0 unspecified atom stereocenters. The number of pyridine rings is 1. The Balaban J connectivity index is 2.32. The van der Waals surface area contributed by atoms with Crippen molar-refractivity contribution in [2.75, 3.05) is 31.1 Å². The molecule has 0 radical (unpaired) electrons. The van der Waals surface area contributed by atoms with Crippen LogP contribution in [0.2, 0.25) is 0 Å². The molecule has 6 nitrogen and oxygen atoms in total. The number of amidine groups is 1. The van der Waals surface area contributed by atoms with Crippen LogP contribution in [-0.2, 0) is 0 Å². The van der Waals surface area contributed by atoms with Gasteiger partial charge in [-0.25, -0.2) is 0 Å². The summed E-state index contributed by atoms with van der Waals surface area (Å²) >= 11 is 0. The highest BCUT2D eigenvalue weighted by atomic mass is 16.1. The molecule has 16 heavy (non-hydrogen) atoms. The fourth-order valence-electron chi connectivity index (χ4n) is 1.78. The van der Waals surface area contributed by atoms with E-state index in [1.54, 1.807) is 6.07 Å². The van der Waals surface area contributed by atoms with Gasteiger partial charge in [0.25, 0.3) is 5.56 Å². The SMILES string of the molecule is N=C(N)c1cc(N2CCNCC2)cc(=O)[nH]1. The standard InChI is InChI=1S/C10H15N5O/c11-10(12)8-5-7(6-9(16)14-8)15-3-1-13-2-4-15/h5-6,13H,1-4H2,(H3,11,12)(H,14,16). The minimum Gasteiger partial charge on any atom is -0.382 e. The molecule has 2 rings (SSSR count). The van der Waals surface area contributed by atoms with Crippen LogP contribution in [0.3, 0.4) is 0 Å². The van der Waals surface area contributed by atoms with Crippen LogP contribution in [0.25, 0.3) is 0 Å². The number of hydrogen-bond acceptors (Lipinski definition) is 4. The summed E-state index contributed by atoms with van der Waals surface area (Å²) in [6.07, 6.45) is 0. The quantitative estimate of drug-likeness (QED) is 0.383. The monoisotopic (exact) mass is 221 g/mol. The van der Waals surface area contributed by atoms with Crippen molar-refractivity contribution in [3.05, 3.63) is 28.2 Å². The molecule has 2 heterocycles. The van der Waals surface area contributed by atoms with Crippen molar-refractivity contribution in [1.82, 2.24) is 10.3 Å². The van der Waals surface area contributed by atoms with Gasteiger partial charge in [-0.2, -0.15) is 0 Å². The number of nitrogens with two attached hydrogens (primary N) is 1. The van der Waals surface area contributed by atoms with Crippen molar-refractivity contribution in [2.24, 2.45) is 5.73 Å². The molecule has 0 spiro atoms. The van der Waals surface area contributed by atoms with Crippen molar-refractivity contribution in [3.63, 3.8) is 0 Å². The molecule has 5 N–H and O–H groups in total. The maximum absolute atomic E-state index is 11.4. The van der Waals surface area contributed by atoms with E-state index < -0.39 is 0 Å². The van der Waals surface area contributed by atoms with Gasteiger partial charge < -0.3 is 20.9 Å². The summed E-state index contributed by atoms with van der Waals surface area (Å²) < 4.78 is 0. The first-order chi connectivity index (χ1) is 7.66. The Morgan fingerprint density at radius 3 is 2.69 bits per heavy atom. The lowest BCUT2D eigenvalue weighted by Crippen LogP contribution is -2.44. The van der Waals surface area contributed by atoms with Crippen LogP contribution in [0.1, 0.15) is 5.69 Å². The van der Waals surface area contributed by atoms with Crippen LogP contribution < -0.4 is 21.5 Å². The zero-order chi connectivity index (χ0) is 11.5. The lowest BCUT2D eigenvalue weighted by Gasteiger charge is -2.29. The first-order valence-electron chi connectivity index (χ1n) is 5.21. The molecule has 86 valence electrons. The van der Waals surface area contributed by atoms with E-state index in [2.05, 4.69) is 15.2 Å². The Bertz CT molecular complexity index is 447. The van der Waals surface area contributed by atoms with Crippen LogP contribution >= 0.6 is 0 Å². The Labute approximate surface area is 93.0 Å². The Morgan fingerprint density at radius 1 is 1.38 bits per heavy atom. The van der Waals surface area contributed by atoms with Crippen molar-refractivity contribution in [3.8, 4) is 0 Å². The molecule has 1 fully saturated rings. The molecule has 6 heteroatoms. The number of hydrogen-bond donors (Lipinski definition) is 4. The largest absolute Gasteiger partial charge is 0.382 e. The number of aromatic nitrogens is 1. The third-order valence-corrected chi connectivity index (χ3v) is 2.60. The van der Waals surface area contributed by atoms with Crippen molar-refractivity contribution in [1.29, 1.82) is 5.41 Å². The van der Waals surface area contributed by atoms with Crippen LogP contribution in [0, 0.1) is 5.41 Å². The van der Waals surface area contributed by atoms with Gasteiger partial charge in [-0.3, -0.25) is 10.2 Å². The normalized spacial score (nSPS) is 16.1. The maximum atomic E-state index is 11.4. The average Bonchev–Trinajstić information content (AvgIpc) is 2.29. The van der Waals surface area contributed by atoms with Crippen LogP contribution in [0.4, 0.5) is 5.69 Å². The Morgan fingerprint density at radius 2 is 2.06 bits per heavy atom. The summed E-state index contributed by atoms with van der Waals surface area (Å²) in [4.78, 5) is 16.1. The smallest absolute Gasteiger partial charge is 0.250 e. The van der Waals surface area contributed by atoms with Gasteiger partial charge in [0.05, 0.1) is 5.69 Å². The Kier molecular flexibility index (Phi) is 2.91. The minimum atomic E-state index is -0.221. The highest BCUT2D eigenvalue weighted by Crippen LogP contribution is 2.12. The van der Waals surface area contributed by atoms with Gasteiger partial charge in [-0.15, -0.1) is 0 Å². The average molecular weight is 221 g/mol. The third-order valence-electron chi connectivity index (χ3n) is 2.60. The summed E-state index contributed by atoms with van der Waals surface area (Å²) in [5.41, 5.74) is 6.35. The highest BCUT2D eigenvalue weighted by Gasteiger charge is 2.12. The van der Waals surface area contributed by atoms with Gasteiger partial charge >= 0.3 is 0 Å². The van der Waals surface area contributed by atoms with Gasteiger partial charge in [-0.05, 0) is 6.07 Å². The lowest BCUT2D eigenvalue weighted by atomic mass is 10.2. The van der Waals surface area contributed by atoms with Crippen molar-refractivity contribution in [2.45, 2.75) is 0 Å². The number of nitrogen functional groups attached to an aromatic ring is 1. The predicted molar refractivity (Wildman–Crippen MR) is 63.2 cm³/mol. The molecule has 1 aromatic heterocycles. The van der Waals surface area contributed by atoms with E-state index in [4.69, 9.17) is 11.1 Å². The molecule has 0 aromatic carbocycles. The second kappa shape index (κ2) is 4.36. The van der Waals surface area contributed by atoms with Gasteiger partial charge in [0, 0.05) is 37.9 Å². The van der Waals surface area contributed by atoms with Crippen molar-refractivity contribution < 1.29 is 0 Å². The third kappa shape index (κ3) is 2.22. The van der Waals surface area contributed by atoms with Crippen LogP contribution in [0.5, 0.6) is 0 Å². The maximum Gasteiger partial charge on any atom is 0.250 e. The van der Waals surface area contributed by atoms with Crippen LogP contribution in [0.15, 0.2) is 16.9 Å². The van der Waals surface area contributed by atoms with Crippen molar-refractivity contribution >= 4 is 11.5 Å². The van der Waals surface area contributed by atoms with E-state index in [9.17, 15) is 4.79 Å². The number of rotatable bonds is 2. The molecule has 1 aliphatic rings. The fourth-order valence-corrected chi connectivity index (χ4v) is 1.78. The van der Waals surface area contributed by atoms with E-state index in [0.717, 1.165) is 31.9 Å². The van der Waals surface area contributed by atoms with Crippen LogP contribution in [-0.4, -0.2) is 37.0 Å². The summed E-state index contributed by atoms with van der Waals surface area (Å²) in [6, 6.07) is 3.28. The summed E-state index contributed by atoms with van der Waals surface area (Å²) in [6.45, 7) is 3.53. The van der Waals surface area contributed by atoms with E-state index in [1.807, 2.05) is 0 Å². The zero-order valence-electron chi connectivity index (χ0n) is 8.92. The number of anilines is 1. The van der Waals surface area contributed by atoms with E-state index in [1.165, 1.54) is 6.07 Å². The predicted octanol–water partition coefficient (Wildman–Crippen LogP) is -0.931. The van der Waals surface area contributed by atoms with Gasteiger partial charge in [-0.1, -0.05) is 0 Å². The highest BCUT2D eigenvalue weighted by molar-refractivity contribution is 5.93. The van der Waals surface area contributed by atoms with Gasteiger partial charge in [0.1, 0.15) is 5.84 Å². The van der Waals surface area contributed by atoms with Gasteiger partial charge in [0.2, 0.25) is 0 Å². The molecule has 0 amide bonds. The molecule has 0 aliphatic carbocycles. The molecule has 1 saturated heterocycles. The summed E-state index contributed by atoms with van der Waals surface area (Å²) in [5, 5.41) is 10.6. The Hall–Kier alpha value is -1.82. The molecule has 0 bridgehead atoms. The lowest BCUT2D eigenvalue weighted by molar-refractivity contribution is 0.589. The first-order valence-corrected chi connectivity index (χ1v) is 5.21. The summed E-state index contributed by atoms with van der Waals surface area (Å²) in [5.74, 6) is -0.117. The van der Waals surface area contributed by atoms with E-state index in [-0.39, 0.29) is 11.4 Å². The number of nitrogens with zero attached hydrogens (tertiary/aromatic N) is 1. The second-order valence-electron chi connectivity index (χ2n) is 3.77. The number of aromatic amines is 1. The number of H-pyrrole nitrogens is 1. The molecule has 0 atom stereocenters. The molecule has 1 aromatic rings. The molecule has 0 saturated carbocycles. The molecular weight excluding hydrogens is 206 g/mol. The van der Waals surface area contributed by atoms with E-state index >= 15 is 0 Å².